The topological polar surface area (TPSA) is 68.4 Å². The summed E-state index contributed by atoms with van der Waals surface area (Å²) in [4.78, 5) is 4.44. The van der Waals surface area contributed by atoms with E-state index in [1.54, 1.807) is 7.11 Å². The van der Waals surface area contributed by atoms with E-state index in [0.717, 1.165) is 25.7 Å². The molecular weight excluding hydrogens is 244 g/mol. The number of nitrogens with zero attached hydrogens (tertiary/aromatic N) is 2. The largest absolute Gasteiger partial charge is 0.392 e. The minimum Gasteiger partial charge on any atom is -0.392 e. The number of hydrogen-bond donors (Lipinski definition) is 1. The molecule has 0 aromatic carbocycles. The Bertz CT molecular complexity index is 397. The van der Waals surface area contributed by atoms with Crippen molar-refractivity contribution in [2.75, 3.05) is 7.11 Å². The molecule has 1 fully saturated rings. The molecule has 0 bridgehead atoms. The van der Waals surface area contributed by atoms with E-state index in [2.05, 4.69) is 10.1 Å². The van der Waals surface area contributed by atoms with Crippen LogP contribution in [0.25, 0.3) is 0 Å². The summed E-state index contributed by atoms with van der Waals surface area (Å²) in [6.07, 6.45) is 5.34. The van der Waals surface area contributed by atoms with Crippen LogP contribution in [0.3, 0.4) is 0 Å². The molecule has 1 atom stereocenters. The van der Waals surface area contributed by atoms with Crippen LogP contribution >= 0.6 is 0 Å². The van der Waals surface area contributed by atoms with Crippen molar-refractivity contribution >= 4 is 0 Å². The van der Waals surface area contributed by atoms with Crippen molar-refractivity contribution in [2.45, 2.75) is 64.1 Å². The average Bonchev–Trinajstić information content (AvgIpc) is 2.88. The van der Waals surface area contributed by atoms with Gasteiger partial charge in [0.1, 0.15) is 5.60 Å². The molecule has 1 aliphatic rings. The Morgan fingerprint density at radius 1 is 1.32 bits per heavy atom. The molecule has 1 aromatic heterocycles. The van der Waals surface area contributed by atoms with Gasteiger partial charge in [-0.15, -0.1) is 0 Å². The molecule has 0 aliphatic heterocycles. The van der Waals surface area contributed by atoms with E-state index in [4.69, 9.17) is 9.26 Å². The van der Waals surface area contributed by atoms with Gasteiger partial charge in [-0.25, -0.2) is 0 Å². The molecule has 1 heterocycles. The Kier molecular flexibility index (Phi) is 4.58. The second kappa shape index (κ2) is 6.01. The van der Waals surface area contributed by atoms with Crippen molar-refractivity contribution in [3.8, 4) is 0 Å². The second-order valence-electron chi connectivity index (χ2n) is 5.79. The van der Waals surface area contributed by atoms with Crippen molar-refractivity contribution in [1.29, 1.82) is 0 Å². The van der Waals surface area contributed by atoms with Gasteiger partial charge in [-0.05, 0) is 18.8 Å². The Hall–Kier alpha value is -0.940. The van der Waals surface area contributed by atoms with Crippen LogP contribution in [0, 0.1) is 5.92 Å². The lowest BCUT2D eigenvalue weighted by molar-refractivity contribution is -0.0527. The van der Waals surface area contributed by atoms with Crippen molar-refractivity contribution in [3.05, 3.63) is 11.7 Å². The average molecular weight is 268 g/mol. The normalized spacial score (nSPS) is 20.7. The highest BCUT2D eigenvalue weighted by Gasteiger charge is 2.38. The first kappa shape index (κ1) is 14.5. The first-order valence-electron chi connectivity index (χ1n) is 7.14. The van der Waals surface area contributed by atoms with Gasteiger partial charge >= 0.3 is 0 Å². The molecule has 2 rings (SSSR count). The zero-order valence-electron chi connectivity index (χ0n) is 12.1. The van der Waals surface area contributed by atoms with Crippen LogP contribution < -0.4 is 0 Å². The molecule has 108 valence electrons. The van der Waals surface area contributed by atoms with E-state index < -0.39 is 6.10 Å². The van der Waals surface area contributed by atoms with Crippen LogP contribution in [0.15, 0.2) is 4.52 Å². The molecule has 0 spiro atoms. The third-order valence-corrected chi connectivity index (χ3v) is 4.08. The number of rotatable bonds is 5. The lowest BCUT2D eigenvalue weighted by Gasteiger charge is -2.32. The molecule has 1 aromatic rings. The van der Waals surface area contributed by atoms with Gasteiger partial charge in [-0.2, -0.15) is 4.98 Å². The SMILES string of the molecule is COC1(c2noc(CC(O)C(C)C)n2)CCCCC1. The molecule has 0 amide bonds. The number of aromatic nitrogens is 2. The summed E-state index contributed by atoms with van der Waals surface area (Å²) < 4.78 is 10.9. The highest BCUT2D eigenvalue weighted by atomic mass is 16.5. The van der Waals surface area contributed by atoms with E-state index in [9.17, 15) is 5.11 Å². The summed E-state index contributed by atoms with van der Waals surface area (Å²) in [5, 5.41) is 13.9. The summed E-state index contributed by atoms with van der Waals surface area (Å²) >= 11 is 0. The minimum atomic E-state index is -0.446. The van der Waals surface area contributed by atoms with Crippen LogP contribution in [0.5, 0.6) is 0 Å². The van der Waals surface area contributed by atoms with Crippen molar-refractivity contribution in [2.24, 2.45) is 5.92 Å². The van der Waals surface area contributed by atoms with Gasteiger partial charge in [-0.1, -0.05) is 38.3 Å². The first-order valence-corrected chi connectivity index (χ1v) is 7.14. The van der Waals surface area contributed by atoms with Gasteiger partial charge in [0.15, 0.2) is 0 Å². The lowest BCUT2D eigenvalue weighted by Crippen LogP contribution is -2.32. The van der Waals surface area contributed by atoms with Gasteiger partial charge in [0.2, 0.25) is 11.7 Å². The Labute approximate surface area is 114 Å². The van der Waals surface area contributed by atoms with Gasteiger partial charge in [0, 0.05) is 7.11 Å². The van der Waals surface area contributed by atoms with E-state index in [-0.39, 0.29) is 11.5 Å². The fraction of sp³-hybridized carbons (Fsp3) is 0.857. The van der Waals surface area contributed by atoms with Crippen molar-refractivity contribution in [1.82, 2.24) is 10.1 Å². The van der Waals surface area contributed by atoms with Crippen molar-refractivity contribution < 1.29 is 14.4 Å². The second-order valence-corrected chi connectivity index (χ2v) is 5.79. The molecule has 0 radical (unpaired) electrons. The van der Waals surface area contributed by atoms with E-state index in [0.29, 0.717) is 18.1 Å². The number of aliphatic hydroxyl groups excluding tert-OH is 1. The standard InChI is InChI=1S/C14H24N2O3/c1-10(2)11(17)9-12-15-13(16-19-12)14(18-3)7-5-4-6-8-14/h10-11,17H,4-9H2,1-3H3. The maximum Gasteiger partial charge on any atom is 0.229 e. The van der Waals surface area contributed by atoms with Gasteiger partial charge in [0.05, 0.1) is 12.5 Å². The summed E-state index contributed by atoms with van der Waals surface area (Å²) in [5.41, 5.74) is -0.386. The van der Waals surface area contributed by atoms with Gasteiger partial charge in [-0.3, -0.25) is 0 Å². The molecule has 1 aliphatic carbocycles. The summed E-state index contributed by atoms with van der Waals surface area (Å²) in [7, 11) is 1.71. The number of hydrogen-bond acceptors (Lipinski definition) is 5. The lowest BCUT2D eigenvalue weighted by atomic mass is 9.84. The molecule has 19 heavy (non-hydrogen) atoms. The summed E-state index contributed by atoms with van der Waals surface area (Å²) in [6, 6.07) is 0. The predicted molar refractivity (Wildman–Crippen MR) is 70.6 cm³/mol. The number of aliphatic hydroxyl groups is 1. The monoisotopic (exact) mass is 268 g/mol. The van der Waals surface area contributed by atoms with Crippen LogP contribution in [-0.2, 0) is 16.8 Å². The number of methoxy groups -OCH3 is 1. The van der Waals surface area contributed by atoms with Crippen LogP contribution in [0.2, 0.25) is 0 Å². The van der Waals surface area contributed by atoms with Crippen LogP contribution in [0.1, 0.15) is 57.7 Å². The third kappa shape index (κ3) is 3.15. The maximum absolute atomic E-state index is 9.86. The summed E-state index contributed by atoms with van der Waals surface area (Å²) in [5.74, 6) is 1.32. The fourth-order valence-electron chi connectivity index (χ4n) is 2.58. The molecule has 1 saturated carbocycles. The van der Waals surface area contributed by atoms with E-state index >= 15 is 0 Å². The Balaban J connectivity index is 2.10. The molecule has 0 saturated heterocycles. The number of ether oxygens (including phenoxy) is 1. The molecule has 1 unspecified atom stereocenters. The van der Waals surface area contributed by atoms with E-state index in [1.165, 1.54) is 6.42 Å². The van der Waals surface area contributed by atoms with Crippen LogP contribution in [-0.4, -0.2) is 28.5 Å². The summed E-state index contributed by atoms with van der Waals surface area (Å²) in [6.45, 7) is 3.94. The smallest absolute Gasteiger partial charge is 0.229 e. The Morgan fingerprint density at radius 2 is 2.00 bits per heavy atom. The maximum atomic E-state index is 9.86. The van der Waals surface area contributed by atoms with Crippen molar-refractivity contribution in [3.63, 3.8) is 0 Å². The third-order valence-electron chi connectivity index (χ3n) is 4.08. The molecule has 5 nitrogen and oxygen atoms in total. The zero-order chi connectivity index (χ0) is 13.9. The Morgan fingerprint density at radius 3 is 2.58 bits per heavy atom. The zero-order valence-corrected chi connectivity index (χ0v) is 12.1. The first-order chi connectivity index (χ1) is 9.07. The van der Waals surface area contributed by atoms with Gasteiger partial charge < -0.3 is 14.4 Å². The fourth-order valence-corrected chi connectivity index (χ4v) is 2.58. The van der Waals surface area contributed by atoms with Crippen LogP contribution in [0.4, 0.5) is 0 Å². The minimum absolute atomic E-state index is 0.182. The van der Waals surface area contributed by atoms with Gasteiger partial charge in [0.25, 0.3) is 0 Å². The predicted octanol–water partition coefficient (Wildman–Crippen LogP) is 2.43. The highest BCUT2D eigenvalue weighted by molar-refractivity contribution is 5.03. The molecular formula is C14H24N2O3. The molecule has 1 N–H and O–H groups in total. The van der Waals surface area contributed by atoms with E-state index in [1.807, 2.05) is 13.8 Å². The molecule has 5 heteroatoms. The highest BCUT2D eigenvalue weighted by Crippen LogP contribution is 2.38. The quantitative estimate of drug-likeness (QED) is 0.888.